The Morgan fingerprint density at radius 1 is 1.04 bits per heavy atom. The minimum absolute atomic E-state index is 0.700. The van der Waals surface area contributed by atoms with Crippen LogP contribution in [-0.2, 0) is 5.75 Å². The summed E-state index contributed by atoms with van der Waals surface area (Å²) in [7, 11) is 0. The van der Waals surface area contributed by atoms with Gasteiger partial charge >= 0.3 is 0 Å². The Hall–Kier alpha value is -2.08. The van der Waals surface area contributed by atoms with Crippen LogP contribution in [0.5, 0.6) is 0 Å². The monoisotopic (exact) mass is 339 g/mol. The number of piperidine rings is 1. The molecule has 24 heavy (non-hydrogen) atoms. The minimum atomic E-state index is 0.700. The van der Waals surface area contributed by atoms with Crippen LogP contribution in [0.2, 0.25) is 0 Å². The maximum absolute atomic E-state index is 4.71. The lowest BCUT2D eigenvalue weighted by atomic mass is 10.1. The van der Waals surface area contributed by atoms with Crippen molar-refractivity contribution in [3.8, 4) is 0 Å². The number of benzene rings is 1. The maximum atomic E-state index is 4.71. The van der Waals surface area contributed by atoms with Gasteiger partial charge in [0.05, 0.1) is 0 Å². The highest BCUT2D eigenvalue weighted by atomic mass is 32.2. The van der Waals surface area contributed by atoms with Gasteiger partial charge in [-0.25, -0.2) is 4.98 Å². The second-order valence-electron chi connectivity index (χ2n) is 6.18. The van der Waals surface area contributed by atoms with Gasteiger partial charge in [0.2, 0.25) is 5.16 Å². The third kappa shape index (κ3) is 3.24. The van der Waals surface area contributed by atoms with Crippen molar-refractivity contribution in [3.63, 3.8) is 0 Å². The molecule has 3 heterocycles. The number of aromatic nitrogens is 4. The maximum Gasteiger partial charge on any atom is 0.255 e. The molecule has 0 aliphatic carbocycles. The molecule has 0 amide bonds. The van der Waals surface area contributed by atoms with Gasteiger partial charge in [-0.1, -0.05) is 42.1 Å². The van der Waals surface area contributed by atoms with E-state index >= 15 is 0 Å². The fourth-order valence-corrected chi connectivity index (χ4v) is 3.85. The third-order valence-corrected chi connectivity index (χ3v) is 5.20. The molecule has 0 bridgehead atoms. The van der Waals surface area contributed by atoms with Gasteiger partial charge in [-0.05, 0) is 31.7 Å². The van der Waals surface area contributed by atoms with Crippen molar-refractivity contribution in [3.05, 3.63) is 47.7 Å². The van der Waals surface area contributed by atoms with Crippen LogP contribution in [0.3, 0.4) is 0 Å². The van der Waals surface area contributed by atoms with E-state index in [1.165, 1.54) is 24.8 Å². The molecule has 0 unspecified atom stereocenters. The molecule has 124 valence electrons. The Morgan fingerprint density at radius 3 is 2.62 bits per heavy atom. The zero-order valence-electron chi connectivity index (χ0n) is 13.9. The van der Waals surface area contributed by atoms with E-state index in [9.17, 15) is 0 Å². The number of nitrogens with zero attached hydrogens (tertiary/aromatic N) is 5. The largest absolute Gasteiger partial charge is 0.356 e. The topological polar surface area (TPSA) is 46.3 Å². The fraction of sp³-hybridized carbons (Fsp3) is 0.389. The molecule has 3 aromatic rings. The van der Waals surface area contributed by atoms with Crippen LogP contribution in [0, 0.1) is 6.92 Å². The van der Waals surface area contributed by atoms with E-state index in [2.05, 4.69) is 45.2 Å². The van der Waals surface area contributed by atoms with Gasteiger partial charge in [0.1, 0.15) is 5.82 Å². The molecule has 6 heteroatoms. The lowest BCUT2D eigenvalue weighted by Gasteiger charge is -2.28. The first kappa shape index (κ1) is 15.4. The van der Waals surface area contributed by atoms with Gasteiger partial charge in [-0.2, -0.15) is 9.50 Å². The van der Waals surface area contributed by atoms with Gasteiger partial charge in [-0.3, -0.25) is 0 Å². The number of hydrogen-bond donors (Lipinski definition) is 0. The molecule has 1 aromatic carbocycles. The number of fused-ring (bicyclic) bond motifs is 1. The van der Waals surface area contributed by atoms with Crippen LogP contribution in [0.4, 0.5) is 5.82 Å². The number of rotatable bonds is 4. The smallest absolute Gasteiger partial charge is 0.255 e. The zero-order chi connectivity index (χ0) is 16.4. The van der Waals surface area contributed by atoms with E-state index in [1.807, 2.05) is 17.5 Å². The minimum Gasteiger partial charge on any atom is -0.356 e. The SMILES string of the molecule is Cc1cc(N2CCCCC2)n2nc(SCc3ccccc3)nc2n1. The van der Waals surface area contributed by atoms with Gasteiger partial charge in [0, 0.05) is 30.6 Å². The van der Waals surface area contributed by atoms with E-state index in [-0.39, 0.29) is 0 Å². The molecule has 4 rings (SSSR count). The lowest BCUT2D eigenvalue weighted by molar-refractivity contribution is 0.567. The molecule has 0 saturated carbocycles. The summed E-state index contributed by atoms with van der Waals surface area (Å²) in [4.78, 5) is 11.6. The second-order valence-corrected chi connectivity index (χ2v) is 7.13. The number of anilines is 1. The summed E-state index contributed by atoms with van der Waals surface area (Å²) in [6, 6.07) is 12.5. The summed E-state index contributed by atoms with van der Waals surface area (Å²) < 4.78 is 1.91. The van der Waals surface area contributed by atoms with E-state index in [0.29, 0.717) is 5.78 Å². The Bertz CT molecular complexity index is 824. The van der Waals surface area contributed by atoms with Crippen LogP contribution in [-0.4, -0.2) is 32.7 Å². The van der Waals surface area contributed by atoms with Crippen LogP contribution >= 0.6 is 11.8 Å². The molecule has 1 saturated heterocycles. The Balaban J connectivity index is 1.62. The molecule has 2 aromatic heterocycles. The summed E-state index contributed by atoms with van der Waals surface area (Å²) >= 11 is 1.66. The standard InChI is InChI=1S/C18H21N5S/c1-14-12-16(22-10-6-3-7-11-22)23-17(19-14)20-18(21-23)24-13-15-8-4-2-5-9-15/h2,4-5,8-9,12H,3,6-7,10-11,13H2,1H3. The second kappa shape index (κ2) is 6.81. The van der Waals surface area contributed by atoms with E-state index < -0.39 is 0 Å². The highest BCUT2D eigenvalue weighted by Gasteiger charge is 2.17. The normalized spacial score (nSPS) is 15.1. The Morgan fingerprint density at radius 2 is 1.83 bits per heavy atom. The van der Waals surface area contributed by atoms with Crippen LogP contribution in [0.1, 0.15) is 30.5 Å². The quantitative estimate of drug-likeness (QED) is 0.678. The fourth-order valence-electron chi connectivity index (χ4n) is 3.08. The molecular weight excluding hydrogens is 318 g/mol. The van der Waals surface area contributed by atoms with E-state index in [0.717, 1.165) is 35.5 Å². The van der Waals surface area contributed by atoms with Gasteiger partial charge in [0.25, 0.3) is 5.78 Å². The van der Waals surface area contributed by atoms with Crippen molar-refractivity contribution in [1.82, 2.24) is 19.6 Å². The molecular formula is C18H21N5S. The molecule has 1 fully saturated rings. The van der Waals surface area contributed by atoms with Crippen molar-refractivity contribution < 1.29 is 0 Å². The van der Waals surface area contributed by atoms with Crippen LogP contribution in [0.15, 0.2) is 41.6 Å². The van der Waals surface area contributed by atoms with Crippen LogP contribution < -0.4 is 4.90 Å². The van der Waals surface area contributed by atoms with Gasteiger partial charge < -0.3 is 4.90 Å². The summed E-state index contributed by atoms with van der Waals surface area (Å²) in [5.74, 6) is 2.69. The Kier molecular flexibility index (Phi) is 4.38. The van der Waals surface area contributed by atoms with Crippen molar-refractivity contribution in [2.24, 2.45) is 0 Å². The third-order valence-electron chi connectivity index (χ3n) is 4.29. The van der Waals surface area contributed by atoms with Crippen molar-refractivity contribution in [1.29, 1.82) is 0 Å². The number of thioether (sulfide) groups is 1. The molecule has 0 radical (unpaired) electrons. The lowest BCUT2D eigenvalue weighted by Crippen LogP contribution is -2.31. The summed E-state index contributed by atoms with van der Waals surface area (Å²) in [6.45, 7) is 4.20. The first-order valence-electron chi connectivity index (χ1n) is 8.46. The van der Waals surface area contributed by atoms with Gasteiger partial charge in [-0.15, -0.1) is 5.10 Å². The number of hydrogen-bond acceptors (Lipinski definition) is 5. The molecule has 0 spiro atoms. The molecule has 1 aliphatic rings. The molecule has 0 atom stereocenters. The average Bonchev–Trinajstić information content (AvgIpc) is 3.03. The van der Waals surface area contributed by atoms with Crippen molar-refractivity contribution in [2.75, 3.05) is 18.0 Å². The zero-order valence-corrected chi connectivity index (χ0v) is 14.7. The highest BCUT2D eigenvalue weighted by Crippen LogP contribution is 2.24. The molecule has 1 aliphatic heterocycles. The van der Waals surface area contributed by atoms with Gasteiger partial charge in [0.15, 0.2) is 0 Å². The summed E-state index contributed by atoms with van der Waals surface area (Å²) in [5, 5.41) is 5.50. The van der Waals surface area contributed by atoms with E-state index in [1.54, 1.807) is 11.8 Å². The predicted molar refractivity (Wildman–Crippen MR) is 97.6 cm³/mol. The Labute approximate surface area is 146 Å². The average molecular weight is 339 g/mol. The van der Waals surface area contributed by atoms with Crippen LogP contribution in [0.25, 0.3) is 5.78 Å². The first-order chi connectivity index (χ1) is 11.8. The highest BCUT2D eigenvalue weighted by molar-refractivity contribution is 7.98. The first-order valence-corrected chi connectivity index (χ1v) is 9.44. The predicted octanol–water partition coefficient (Wildman–Crippen LogP) is 3.72. The van der Waals surface area contributed by atoms with Crippen molar-refractivity contribution in [2.45, 2.75) is 37.1 Å². The van der Waals surface area contributed by atoms with E-state index in [4.69, 9.17) is 5.10 Å². The molecule has 0 N–H and O–H groups in total. The summed E-state index contributed by atoms with van der Waals surface area (Å²) in [5.41, 5.74) is 2.27. The summed E-state index contributed by atoms with van der Waals surface area (Å²) in [6.07, 6.45) is 3.81. The molecule has 5 nitrogen and oxygen atoms in total. The van der Waals surface area contributed by atoms with Crippen molar-refractivity contribution >= 4 is 23.4 Å². The number of aryl methyl sites for hydroxylation is 1.